The molecule has 0 unspecified atom stereocenters. The van der Waals surface area contributed by atoms with Crippen molar-refractivity contribution in [3.8, 4) is 16.9 Å². The Hall–Kier alpha value is -2.22. The zero-order valence-corrected chi connectivity index (χ0v) is 11.5. The predicted molar refractivity (Wildman–Crippen MR) is 71.5 cm³/mol. The second-order valence-electron chi connectivity index (χ2n) is 4.65. The second-order valence-corrected chi connectivity index (χ2v) is 4.65. The monoisotopic (exact) mass is 335 g/mol. The van der Waals surface area contributed by atoms with Crippen molar-refractivity contribution >= 4 is 0 Å². The van der Waals surface area contributed by atoms with E-state index >= 15 is 0 Å². The van der Waals surface area contributed by atoms with E-state index in [4.69, 9.17) is 5.73 Å². The van der Waals surface area contributed by atoms with Gasteiger partial charge in [-0.25, -0.2) is 0 Å². The molecule has 0 aromatic heterocycles. The standard InChI is InChI=1S/C15H11F6NO/c16-14(17,18)13-7-9(8-22)1-6-12(13)10-2-4-11(5-3-10)23-15(19,20)21/h1-7H,8,22H2. The largest absolute Gasteiger partial charge is 0.573 e. The van der Waals surface area contributed by atoms with Gasteiger partial charge in [-0.15, -0.1) is 13.2 Å². The minimum absolute atomic E-state index is 0.0538. The summed E-state index contributed by atoms with van der Waals surface area (Å²) in [6, 6.07) is 7.78. The molecule has 8 heteroatoms. The highest BCUT2D eigenvalue weighted by molar-refractivity contribution is 5.69. The molecule has 0 aliphatic heterocycles. The first-order chi connectivity index (χ1) is 10.6. The lowest BCUT2D eigenvalue weighted by molar-refractivity contribution is -0.274. The Morgan fingerprint density at radius 3 is 1.96 bits per heavy atom. The lowest BCUT2D eigenvalue weighted by Crippen LogP contribution is -2.17. The maximum absolute atomic E-state index is 13.1. The molecule has 0 heterocycles. The van der Waals surface area contributed by atoms with Gasteiger partial charge in [-0.05, 0) is 34.9 Å². The van der Waals surface area contributed by atoms with Crippen molar-refractivity contribution < 1.29 is 31.1 Å². The fraction of sp³-hybridized carbons (Fsp3) is 0.200. The van der Waals surface area contributed by atoms with Crippen LogP contribution in [0.4, 0.5) is 26.3 Å². The van der Waals surface area contributed by atoms with Crippen LogP contribution in [0.25, 0.3) is 11.1 Å². The Morgan fingerprint density at radius 2 is 1.48 bits per heavy atom. The molecule has 2 rings (SSSR count). The number of halogens is 6. The summed E-state index contributed by atoms with van der Waals surface area (Å²) in [6.07, 6.45) is -9.47. The summed E-state index contributed by atoms with van der Waals surface area (Å²) in [4.78, 5) is 0. The zero-order chi connectivity index (χ0) is 17.3. The fourth-order valence-electron chi connectivity index (χ4n) is 2.04. The van der Waals surface area contributed by atoms with Crippen LogP contribution >= 0.6 is 0 Å². The van der Waals surface area contributed by atoms with Crippen LogP contribution in [0, 0.1) is 0 Å². The van der Waals surface area contributed by atoms with E-state index in [-0.39, 0.29) is 17.7 Å². The van der Waals surface area contributed by atoms with Gasteiger partial charge in [0.05, 0.1) is 5.56 Å². The predicted octanol–water partition coefficient (Wildman–Crippen LogP) is 4.73. The van der Waals surface area contributed by atoms with E-state index in [1.807, 2.05) is 0 Å². The number of alkyl halides is 6. The number of benzene rings is 2. The first kappa shape index (κ1) is 17.1. The van der Waals surface area contributed by atoms with Crippen LogP contribution < -0.4 is 10.5 Å². The minimum Gasteiger partial charge on any atom is -0.406 e. The maximum Gasteiger partial charge on any atom is 0.573 e. The Morgan fingerprint density at radius 1 is 0.870 bits per heavy atom. The SMILES string of the molecule is NCc1ccc(-c2ccc(OC(F)(F)F)cc2)c(C(F)(F)F)c1. The Labute approximate surface area is 127 Å². The van der Waals surface area contributed by atoms with Crippen molar-refractivity contribution in [1.29, 1.82) is 0 Å². The molecule has 0 atom stereocenters. The van der Waals surface area contributed by atoms with Crippen LogP contribution in [0.1, 0.15) is 11.1 Å². The molecule has 2 aromatic carbocycles. The molecule has 2 N–H and O–H groups in total. The highest BCUT2D eigenvalue weighted by atomic mass is 19.4. The van der Waals surface area contributed by atoms with Crippen molar-refractivity contribution in [1.82, 2.24) is 0 Å². The Kier molecular flexibility index (Phi) is 4.56. The summed E-state index contributed by atoms with van der Waals surface area (Å²) in [5, 5.41) is 0. The summed E-state index contributed by atoms with van der Waals surface area (Å²) >= 11 is 0. The third-order valence-electron chi connectivity index (χ3n) is 3.02. The molecular formula is C15H11F6NO. The summed E-state index contributed by atoms with van der Waals surface area (Å²) in [5.41, 5.74) is 4.72. The molecule has 0 saturated carbocycles. The van der Waals surface area contributed by atoms with E-state index < -0.39 is 23.9 Å². The molecule has 0 spiro atoms. The van der Waals surface area contributed by atoms with Gasteiger partial charge < -0.3 is 10.5 Å². The highest BCUT2D eigenvalue weighted by Crippen LogP contribution is 2.38. The first-order valence-corrected chi connectivity index (χ1v) is 6.36. The molecule has 0 aliphatic carbocycles. The molecule has 0 amide bonds. The van der Waals surface area contributed by atoms with Gasteiger partial charge in [0.1, 0.15) is 5.75 Å². The molecule has 0 radical (unpaired) electrons. The minimum atomic E-state index is -4.86. The van der Waals surface area contributed by atoms with Crippen molar-refractivity contribution in [2.24, 2.45) is 5.73 Å². The summed E-state index contributed by atoms with van der Waals surface area (Å²) in [5.74, 6) is -0.506. The second kappa shape index (κ2) is 6.11. The lowest BCUT2D eigenvalue weighted by Gasteiger charge is -2.15. The van der Waals surface area contributed by atoms with E-state index in [0.29, 0.717) is 5.56 Å². The number of hydrogen-bond donors (Lipinski definition) is 1. The molecule has 23 heavy (non-hydrogen) atoms. The van der Waals surface area contributed by atoms with Crippen molar-refractivity contribution in [2.75, 3.05) is 0 Å². The van der Waals surface area contributed by atoms with Gasteiger partial charge >= 0.3 is 12.5 Å². The molecule has 0 aliphatic rings. The van der Waals surface area contributed by atoms with E-state index in [1.54, 1.807) is 0 Å². The Balaban J connectivity index is 2.42. The quantitative estimate of drug-likeness (QED) is 0.823. The van der Waals surface area contributed by atoms with Crippen LogP contribution in [0.15, 0.2) is 42.5 Å². The molecule has 0 fully saturated rings. The normalized spacial score (nSPS) is 12.3. The molecule has 124 valence electrons. The van der Waals surface area contributed by atoms with Gasteiger partial charge in [0.2, 0.25) is 0 Å². The van der Waals surface area contributed by atoms with Crippen LogP contribution in [-0.4, -0.2) is 6.36 Å². The van der Waals surface area contributed by atoms with Crippen LogP contribution in [-0.2, 0) is 12.7 Å². The van der Waals surface area contributed by atoms with Crippen LogP contribution in [0.3, 0.4) is 0 Å². The summed E-state index contributed by atoms with van der Waals surface area (Å²) in [7, 11) is 0. The fourth-order valence-corrected chi connectivity index (χ4v) is 2.04. The van der Waals surface area contributed by atoms with Crippen molar-refractivity contribution in [3.05, 3.63) is 53.6 Å². The van der Waals surface area contributed by atoms with Gasteiger partial charge in [0.15, 0.2) is 0 Å². The van der Waals surface area contributed by atoms with Crippen molar-refractivity contribution in [3.63, 3.8) is 0 Å². The van der Waals surface area contributed by atoms with Crippen LogP contribution in [0.5, 0.6) is 5.75 Å². The van der Waals surface area contributed by atoms with E-state index in [9.17, 15) is 26.3 Å². The van der Waals surface area contributed by atoms with Gasteiger partial charge in [0, 0.05) is 6.54 Å². The van der Waals surface area contributed by atoms with Gasteiger partial charge in [-0.3, -0.25) is 0 Å². The van der Waals surface area contributed by atoms with Gasteiger partial charge in [0.25, 0.3) is 0 Å². The third kappa shape index (κ3) is 4.38. The third-order valence-corrected chi connectivity index (χ3v) is 3.02. The van der Waals surface area contributed by atoms with E-state index in [1.165, 1.54) is 12.1 Å². The maximum atomic E-state index is 13.1. The number of rotatable bonds is 3. The average molecular weight is 335 g/mol. The average Bonchev–Trinajstić information content (AvgIpc) is 2.45. The highest BCUT2D eigenvalue weighted by Gasteiger charge is 2.34. The number of ether oxygens (including phenoxy) is 1. The number of hydrogen-bond acceptors (Lipinski definition) is 2. The smallest absolute Gasteiger partial charge is 0.406 e. The first-order valence-electron chi connectivity index (χ1n) is 6.36. The van der Waals surface area contributed by atoms with E-state index in [0.717, 1.165) is 30.3 Å². The van der Waals surface area contributed by atoms with E-state index in [2.05, 4.69) is 4.74 Å². The lowest BCUT2D eigenvalue weighted by atomic mass is 9.97. The molecule has 2 aromatic rings. The van der Waals surface area contributed by atoms with Crippen LogP contribution in [0.2, 0.25) is 0 Å². The zero-order valence-electron chi connectivity index (χ0n) is 11.5. The molecule has 2 nitrogen and oxygen atoms in total. The summed E-state index contributed by atoms with van der Waals surface area (Å²) < 4.78 is 79.4. The number of nitrogens with two attached hydrogens (primary N) is 1. The molecular weight excluding hydrogens is 324 g/mol. The summed E-state index contributed by atoms with van der Waals surface area (Å²) in [6.45, 7) is -0.0538. The van der Waals surface area contributed by atoms with Gasteiger partial charge in [-0.1, -0.05) is 24.3 Å². The topological polar surface area (TPSA) is 35.2 Å². The Bertz CT molecular complexity index is 676. The van der Waals surface area contributed by atoms with Crippen molar-refractivity contribution in [2.45, 2.75) is 19.1 Å². The van der Waals surface area contributed by atoms with Gasteiger partial charge in [-0.2, -0.15) is 13.2 Å². The molecule has 0 bridgehead atoms. The molecule has 0 saturated heterocycles.